The zero-order valence-electron chi connectivity index (χ0n) is 9.53. The summed E-state index contributed by atoms with van der Waals surface area (Å²) in [4.78, 5) is 4.61. The highest BCUT2D eigenvalue weighted by Gasteiger charge is 2.25. The van der Waals surface area contributed by atoms with Crippen molar-refractivity contribution >= 4 is 15.9 Å². The molecule has 1 aliphatic heterocycles. The van der Waals surface area contributed by atoms with E-state index in [1.54, 1.807) is 0 Å². The maximum Gasteiger partial charge on any atom is 0.226 e. The van der Waals surface area contributed by atoms with Crippen molar-refractivity contribution in [3.8, 4) is 11.5 Å². The lowest BCUT2D eigenvalue weighted by Gasteiger charge is -2.25. The zero-order valence-corrected chi connectivity index (χ0v) is 11.1. The van der Waals surface area contributed by atoms with Crippen LogP contribution in [-0.4, -0.2) is 18.1 Å². The molecule has 1 aliphatic rings. The average molecular weight is 293 g/mol. The molecule has 2 heterocycles. The van der Waals surface area contributed by atoms with Crippen molar-refractivity contribution in [3.05, 3.63) is 40.2 Å². The van der Waals surface area contributed by atoms with Crippen LogP contribution in [0.2, 0.25) is 0 Å². The lowest BCUT2D eigenvalue weighted by atomic mass is 9.98. The molecule has 0 radical (unpaired) electrons. The fraction of sp³-hybridized carbons (Fsp3) is 0.308. The maximum absolute atomic E-state index is 5.74. The molecule has 1 aromatic carbocycles. The van der Waals surface area contributed by atoms with E-state index in [9.17, 15) is 0 Å². The van der Waals surface area contributed by atoms with Gasteiger partial charge in [-0.2, -0.15) is 0 Å². The van der Waals surface area contributed by atoms with Crippen LogP contribution in [-0.2, 0) is 0 Å². The van der Waals surface area contributed by atoms with Crippen LogP contribution in [0.3, 0.4) is 0 Å². The predicted octanol–water partition coefficient (Wildman–Crippen LogP) is 3.10. The lowest BCUT2D eigenvalue weighted by Crippen LogP contribution is -2.40. The summed E-state index contributed by atoms with van der Waals surface area (Å²) in [5.41, 5.74) is 2.12. The van der Waals surface area contributed by atoms with E-state index in [2.05, 4.69) is 26.2 Å². The van der Waals surface area contributed by atoms with Crippen LogP contribution in [0.15, 0.2) is 33.2 Å². The third-order valence-corrected chi connectivity index (χ3v) is 3.62. The van der Waals surface area contributed by atoms with E-state index in [4.69, 9.17) is 4.42 Å². The molecule has 2 aromatic rings. The number of halogens is 1. The van der Waals surface area contributed by atoms with Crippen LogP contribution >= 0.6 is 15.9 Å². The van der Waals surface area contributed by atoms with Crippen molar-refractivity contribution in [2.24, 2.45) is 0 Å². The van der Waals surface area contributed by atoms with Gasteiger partial charge in [0.25, 0.3) is 0 Å². The normalized spacial score (nSPS) is 15.9. The molecule has 88 valence electrons. The SMILES string of the molecule is Cc1oc(-c2ccc(Br)cc2)nc1C1CNC1. The molecular weight excluding hydrogens is 280 g/mol. The summed E-state index contributed by atoms with van der Waals surface area (Å²) in [7, 11) is 0. The smallest absolute Gasteiger partial charge is 0.226 e. The van der Waals surface area contributed by atoms with E-state index in [0.717, 1.165) is 40.5 Å². The molecule has 0 atom stereocenters. The fourth-order valence-electron chi connectivity index (χ4n) is 1.98. The Hall–Kier alpha value is -1.13. The number of nitrogens with zero attached hydrogens (tertiary/aromatic N) is 1. The van der Waals surface area contributed by atoms with E-state index in [-0.39, 0.29) is 0 Å². The molecule has 0 saturated carbocycles. The first kappa shape index (κ1) is 11.0. The molecule has 0 aliphatic carbocycles. The van der Waals surface area contributed by atoms with Gasteiger partial charge in [0.05, 0.1) is 5.69 Å². The molecule has 0 bridgehead atoms. The number of hydrogen-bond acceptors (Lipinski definition) is 3. The van der Waals surface area contributed by atoms with Gasteiger partial charge >= 0.3 is 0 Å². The Kier molecular flexibility index (Phi) is 2.76. The second-order valence-corrected chi connectivity index (χ2v) is 5.24. The zero-order chi connectivity index (χ0) is 11.8. The summed E-state index contributed by atoms with van der Waals surface area (Å²) in [6.45, 7) is 4.00. The van der Waals surface area contributed by atoms with Crippen LogP contribution in [0.1, 0.15) is 17.4 Å². The van der Waals surface area contributed by atoms with E-state index in [1.807, 2.05) is 31.2 Å². The van der Waals surface area contributed by atoms with Crippen molar-refractivity contribution in [1.82, 2.24) is 10.3 Å². The minimum absolute atomic E-state index is 0.517. The number of benzene rings is 1. The highest BCUT2D eigenvalue weighted by atomic mass is 79.9. The molecule has 17 heavy (non-hydrogen) atoms. The number of aryl methyl sites for hydroxylation is 1. The van der Waals surface area contributed by atoms with Gasteiger partial charge in [0.1, 0.15) is 5.76 Å². The van der Waals surface area contributed by atoms with Crippen molar-refractivity contribution in [3.63, 3.8) is 0 Å². The Balaban J connectivity index is 1.95. The molecule has 3 nitrogen and oxygen atoms in total. The van der Waals surface area contributed by atoms with E-state index in [0.29, 0.717) is 5.92 Å². The topological polar surface area (TPSA) is 38.1 Å². The molecular formula is C13H13BrN2O. The highest BCUT2D eigenvalue weighted by molar-refractivity contribution is 9.10. The van der Waals surface area contributed by atoms with Crippen molar-refractivity contribution in [1.29, 1.82) is 0 Å². The summed E-state index contributed by atoms with van der Waals surface area (Å²) >= 11 is 3.42. The van der Waals surface area contributed by atoms with Crippen molar-refractivity contribution in [2.75, 3.05) is 13.1 Å². The van der Waals surface area contributed by atoms with Crippen LogP contribution in [0.25, 0.3) is 11.5 Å². The monoisotopic (exact) mass is 292 g/mol. The first-order valence-corrected chi connectivity index (χ1v) is 6.47. The first-order chi connectivity index (χ1) is 8.24. The third-order valence-electron chi connectivity index (χ3n) is 3.09. The maximum atomic E-state index is 5.74. The number of nitrogens with one attached hydrogen (secondary N) is 1. The minimum atomic E-state index is 0.517. The van der Waals surface area contributed by atoms with Crippen LogP contribution in [0.5, 0.6) is 0 Å². The van der Waals surface area contributed by atoms with Gasteiger partial charge in [0.15, 0.2) is 0 Å². The Labute approximate surface area is 108 Å². The molecule has 1 fully saturated rings. The summed E-state index contributed by atoms with van der Waals surface area (Å²) in [6, 6.07) is 8.02. The fourth-order valence-corrected chi connectivity index (χ4v) is 2.25. The van der Waals surface area contributed by atoms with Crippen LogP contribution < -0.4 is 5.32 Å². The summed E-state index contributed by atoms with van der Waals surface area (Å²) in [5.74, 6) is 2.18. The van der Waals surface area contributed by atoms with Crippen LogP contribution in [0.4, 0.5) is 0 Å². The van der Waals surface area contributed by atoms with Gasteiger partial charge in [-0.1, -0.05) is 15.9 Å². The van der Waals surface area contributed by atoms with Gasteiger partial charge in [-0.05, 0) is 31.2 Å². The van der Waals surface area contributed by atoms with Gasteiger partial charge in [-0.25, -0.2) is 4.98 Å². The molecule has 3 rings (SSSR count). The second-order valence-electron chi connectivity index (χ2n) is 4.32. The van der Waals surface area contributed by atoms with E-state index in [1.165, 1.54) is 0 Å². The Morgan fingerprint density at radius 3 is 2.59 bits per heavy atom. The quantitative estimate of drug-likeness (QED) is 0.924. The molecule has 0 unspecified atom stereocenters. The highest BCUT2D eigenvalue weighted by Crippen LogP contribution is 2.28. The Morgan fingerprint density at radius 2 is 2.00 bits per heavy atom. The summed E-state index contributed by atoms with van der Waals surface area (Å²) in [5, 5.41) is 3.26. The minimum Gasteiger partial charge on any atom is -0.441 e. The molecule has 1 aromatic heterocycles. The predicted molar refractivity (Wildman–Crippen MR) is 70.0 cm³/mol. The largest absolute Gasteiger partial charge is 0.441 e. The Bertz CT molecular complexity index is 529. The summed E-state index contributed by atoms with van der Waals surface area (Å²) < 4.78 is 6.81. The number of aromatic nitrogens is 1. The molecule has 0 spiro atoms. The standard InChI is InChI=1S/C13H13BrN2O/c1-8-12(10-6-15-7-10)16-13(17-8)9-2-4-11(14)5-3-9/h2-5,10,15H,6-7H2,1H3. The Morgan fingerprint density at radius 1 is 1.29 bits per heavy atom. The molecule has 4 heteroatoms. The molecule has 0 amide bonds. The second kappa shape index (κ2) is 4.27. The lowest BCUT2D eigenvalue weighted by molar-refractivity contribution is 0.433. The third kappa shape index (κ3) is 2.03. The van der Waals surface area contributed by atoms with E-state index < -0.39 is 0 Å². The molecule has 1 saturated heterocycles. The molecule has 1 N–H and O–H groups in total. The van der Waals surface area contributed by atoms with E-state index >= 15 is 0 Å². The number of oxazole rings is 1. The number of hydrogen-bond donors (Lipinski definition) is 1. The number of rotatable bonds is 2. The van der Waals surface area contributed by atoms with Gasteiger partial charge in [-0.3, -0.25) is 0 Å². The van der Waals surface area contributed by atoms with Crippen molar-refractivity contribution < 1.29 is 4.42 Å². The van der Waals surface area contributed by atoms with Crippen molar-refractivity contribution in [2.45, 2.75) is 12.8 Å². The first-order valence-electron chi connectivity index (χ1n) is 5.68. The van der Waals surface area contributed by atoms with Gasteiger partial charge in [-0.15, -0.1) is 0 Å². The van der Waals surface area contributed by atoms with Gasteiger partial charge < -0.3 is 9.73 Å². The van der Waals surface area contributed by atoms with Crippen LogP contribution in [0, 0.1) is 6.92 Å². The van der Waals surface area contributed by atoms with Gasteiger partial charge in [0, 0.05) is 29.0 Å². The average Bonchev–Trinajstić information content (AvgIpc) is 2.60. The van der Waals surface area contributed by atoms with Gasteiger partial charge in [0.2, 0.25) is 5.89 Å². The summed E-state index contributed by atoms with van der Waals surface area (Å²) in [6.07, 6.45) is 0.